The van der Waals surface area contributed by atoms with Gasteiger partial charge < -0.3 is 15.3 Å². The van der Waals surface area contributed by atoms with Gasteiger partial charge in [-0.15, -0.1) is 0 Å². The van der Waals surface area contributed by atoms with Crippen molar-refractivity contribution in [3.63, 3.8) is 0 Å². The van der Waals surface area contributed by atoms with Crippen LogP contribution in [0.4, 0.5) is 5.69 Å². The summed E-state index contributed by atoms with van der Waals surface area (Å²) in [6.07, 6.45) is 0.606. The SMILES string of the molecule is CC1CC(Nc2ccc(Br)cc2)(C(=O)O)CN1C. The minimum Gasteiger partial charge on any atom is -0.479 e. The maximum atomic E-state index is 11.6. The molecule has 0 spiro atoms. The normalized spacial score (nSPS) is 28.3. The molecule has 0 radical (unpaired) electrons. The highest BCUT2D eigenvalue weighted by molar-refractivity contribution is 9.10. The van der Waals surface area contributed by atoms with E-state index in [0.29, 0.717) is 13.0 Å². The number of nitrogens with one attached hydrogen (secondary N) is 1. The summed E-state index contributed by atoms with van der Waals surface area (Å²) in [7, 11) is 1.96. The number of likely N-dealkylation sites (N-methyl/N-ethyl adjacent to an activating group) is 1. The smallest absolute Gasteiger partial charge is 0.330 e. The van der Waals surface area contributed by atoms with E-state index in [0.717, 1.165) is 10.2 Å². The van der Waals surface area contributed by atoms with Crippen molar-refractivity contribution in [3.05, 3.63) is 28.7 Å². The van der Waals surface area contributed by atoms with Gasteiger partial charge in [-0.3, -0.25) is 0 Å². The highest BCUT2D eigenvalue weighted by Gasteiger charge is 2.47. The third kappa shape index (κ3) is 2.52. The number of anilines is 1. The molecule has 1 aliphatic rings. The maximum Gasteiger partial charge on any atom is 0.330 e. The molecule has 1 saturated heterocycles. The van der Waals surface area contributed by atoms with Gasteiger partial charge in [-0.2, -0.15) is 0 Å². The lowest BCUT2D eigenvalue weighted by atomic mass is 9.96. The number of aliphatic carboxylic acids is 1. The Labute approximate surface area is 115 Å². The van der Waals surface area contributed by atoms with Crippen molar-refractivity contribution in [2.45, 2.75) is 24.9 Å². The molecule has 1 aliphatic heterocycles. The highest BCUT2D eigenvalue weighted by atomic mass is 79.9. The Kier molecular flexibility index (Phi) is 3.64. The molecule has 0 bridgehead atoms. The zero-order valence-corrected chi connectivity index (χ0v) is 12.1. The maximum absolute atomic E-state index is 11.6. The average molecular weight is 313 g/mol. The number of likely N-dealkylation sites (tertiary alicyclic amines) is 1. The zero-order chi connectivity index (χ0) is 13.3. The van der Waals surface area contributed by atoms with E-state index in [1.165, 1.54) is 0 Å². The van der Waals surface area contributed by atoms with Gasteiger partial charge in [-0.25, -0.2) is 4.79 Å². The van der Waals surface area contributed by atoms with Gasteiger partial charge in [-0.05, 0) is 44.7 Å². The fraction of sp³-hybridized carbons (Fsp3) is 0.462. The molecule has 1 aromatic carbocycles. The van der Waals surface area contributed by atoms with E-state index in [1.807, 2.05) is 38.2 Å². The van der Waals surface area contributed by atoms with Crippen LogP contribution in [-0.2, 0) is 4.79 Å². The fourth-order valence-electron chi connectivity index (χ4n) is 2.41. The summed E-state index contributed by atoms with van der Waals surface area (Å²) in [6.45, 7) is 2.56. The molecule has 2 unspecified atom stereocenters. The molecule has 0 aliphatic carbocycles. The van der Waals surface area contributed by atoms with Crippen LogP contribution < -0.4 is 5.32 Å². The highest BCUT2D eigenvalue weighted by Crippen LogP contribution is 2.30. The van der Waals surface area contributed by atoms with Crippen molar-refractivity contribution >= 4 is 27.6 Å². The van der Waals surface area contributed by atoms with Crippen LogP contribution in [0.3, 0.4) is 0 Å². The lowest BCUT2D eigenvalue weighted by Gasteiger charge is -2.26. The van der Waals surface area contributed by atoms with Crippen molar-refractivity contribution in [1.82, 2.24) is 4.90 Å². The summed E-state index contributed by atoms with van der Waals surface area (Å²) in [5.74, 6) is -0.790. The zero-order valence-electron chi connectivity index (χ0n) is 10.5. The Hall–Kier alpha value is -1.07. The first-order valence-corrected chi connectivity index (χ1v) is 6.70. The van der Waals surface area contributed by atoms with Crippen LogP contribution in [0, 0.1) is 0 Å². The minimum absolute atomic E-state index is 0.268. The summed E-state index contributed by atoms with van der Waals surface area (Å²) in [6, 6.07) is 7.85. The van der Waals surface area contributed by atoms with E-state index in [2.05, 4.69) is 26.1 Å². The van der Waals surface area contributed by atoms with E-state index < -0.39 is 11.5 Å². The molecule has 2 N–H and O–H groups in total. The average Bonchev–Trinajstić information content (AvgIpc) is 2.59. The number of carbonyl (C=O) groups is 1. The van der Waals surface area contributed by atoms with Crippen molar-refractivity contribution in [2.75, 3.05) is 18.9 Å². The standard InChI is InChI=1S/C13H17BrN2O2/c1-9-7-13(12(17)18,8-16(9)2)15-11-5-3-10(14)4-6-11/h3-6,9,15H,7-8H2,1-2H3,(H,17,18). The number of hydrogen-bond acceptors (Lipinski definition) is 3. The molecule has 0 aromatic heterocycles. The van der Waals surface area contributed by atoms with Crippen molar-refractivity contribution in [1.29, 1.82) is 0 Å². The molecule has 2 atom stereocenters. The quantitative estimate of drug-likeness (QED) is 0.900. The molecule has 0 saturated carbocycles. The topological polar surface area (TPSA) is 52.6 Å². The second kappa shape index (κ2) is 4.90. The van der Waals surface area contributed by atoms with Crippen LogP contribution in [0.25, 0.3) is 0 Å². The second-order valence-corrected chi connectivity index (χ2v) is 5.90. The molecule has 1 heterocycles. The van der Waals surface area contributed by atoms with E-state index in [4.69, 9.17) is 0 Å². The number of nitrogens with zero attached hydrogens (tertiary/aromatic N) is 1. The van der Waals surface area contributed by atoms with Crippen LogP contribution in [0.1, 0.15) is 13.3 Å². The van der Waals surface area contributed by atoms with Crippen LogP contribution >= 0.6 is 15.9 Å². The van der Waals surface area contributed by atoms with Gasteiger partial charge in [-0.1, -0.05) is 15.9 Å². The predicted molar refractivity (Wildman–Crippen MR) is 74.8 cm³/mol. The van der Waals surface area contributed by atoms with E-state index in [9.17, 15) is 9.90 Å². The lowest BCUT2D eigenvalue weighted by molar-refractivity contribution is -0.141. The summed E-state index contributed by atoms with van der Waals surface area (Å²) in [4.78, 5) is 13.7. The number of halogens is 1. The number of rotatable bonds is 3. The second-order valence-electron chi connectivity index (χ2n) is 4.99. The molecule has 1 fully saturated rings. The minimum atomic E-state index is -0.887. The number of carboxylic acids is 1. The van der Waals surface area contributed by atoms with Gasteiger partial charge in [0.2, 0.25) is 0 Å². The van der Waals surface area contributed by atoms with Gasteiger partial charge in [0, 0.05) is 22.7 Å². The van der Waals surface area contributed by atoms with Crippen LogP contribution in [0.5, 0.6) is 0 Å². The van der Waals surface area contributed by atoms with E-state index in [1.54, 1.807) is 0 Å². The molecule has 0 amide bonds. The molecule has 2 rings (SSSR count). The Bertz CT molecular complexity index is 437. The molecule has 5 heteroatoms. The molecular formula is C13H17BrN2O2. The van der Waals surface area contributed by atoms with Crippen molar-refractivity contribution in [3.8, 4) is 0 Å². The van der Waals surface area contributed by atoms with Gasteiger partial charge in [0.1, 0.15) is 5.54 Å². The molecule has 4 nitrogen and oxygen atoms in total. The third-order valence-electron chi connectivity index (χ3n) is 3.55. The van der Waals surface area contributed by atoms with Gasteiger partial charge in [0.15, 0.2) is 0 Å². The Morgan fingerprint density at radius 3 is 2.56 bits per heavy atom. The molecule has 1 aromatic rings. The molecule has 18 heavy (non-hydrogen) atoms. The van der Waals surface area contributed by atoms with Crippen LogP contribution in [0.2, 0.25) is 0 Å². The fourth-order valence-corrected chi connectivity index (χ4v) is 2.68. The molecule has 98 valence electrons. The Balaban J connectivity index is 2.22. The summed E-state index contributed by atoms with van der Waals surface area (Å²) in [5.41, 5.74) is -0.0507. The van der Waals surface area contributed by atoms with Gasteiger partial charge in [0.25, 0.3) is 0 Å². The van der Waals surface area contributed by atoms with Crippen molar-refractivity contribution < 1.29 is 9.90 Å². The summed E-state index contributed by atoms with van der Waals surface area (Å²) in [5, 5.41) is 12.7. The largest absolute Gasteiger partial charge is 0.479 e. The number of carboxylic acid groups (broad SMARTS) is 1. The predicted octanol–water partition coefficient (Wildman–Crippen LogP) is 2.41. The first-order valence-electron chi connectivity index (χ1n) is 5.90. The summed E-state index contributed by atoms with van der Waals surface area (Å²) < 4.78 is 0.981. The molecular weight excluding hydrogens is 296 g/mol. The lowest BCUT2D eigenvalue weighted by Crippen LogP contribution is -2.48. The van der Waals surface area contributed by atoms with Crippen LogP contribution in [-0.4, -0.2) is 41.1 Å². The Morgan fingerprint density at radius 2 is 2.11 bits per heavy atom. The number of benzene rings is 1. The first kappa shape index (κ1) is 13.4. The van der Waals surface area contributed by atoms with Crippen LogP contribution in [0.15, 0.2) is 28.7 Å². The van der Waals surface area contributed by atoms with E-state index in [-0.39, 0.29) is 6.04 Å². The monoisotopic (exact) mass is 312 g/mol. The van der Waals surface area contributed by atoms with E-state index >= 15 is 0 Å². The van der Waals surface area contributed by atoms with Crippen molar-refractivity contribution in [2.24, 2.45) is 0 Å². The first-order chi connectivity index (χ1) is 8.43. The number of hydrogen-bond donors (Lipinski definition) is 2. The van der Waals surface area contributed by atoms with Gasteiger partial charge in [0.05, 0.1) is 0 Å². The third-order valence-corrected chi connectivity index (χ3v) is 4.08. The summed E-state index contributed by atoms with van der Waals surface area (Å²) >= 11 is 3.37. The van der Waals surface area contributed by atoms with Gasteiger partial charge >= 0.3 is 5.97 Å². The Morgan fingerprint density at radius 1 is 1.50 bits per heavy atom.